The van der Waals surface area contributed by atoms with Gasteiger partial charge in [0, 0.05) is 37.8 Å². The maximum atomic E-state index is 12.8. The number of anilines is 1. The number of aliphatic hydroxyl groups is 1. The number of carbonyl (C=O) groups excluding carboxylic acids is 2. The van der Waals surface area contributed by atoms with Crippen molar-refractivity contribution in [3.8, 4) is 0 Å². The smallest absolute Gasteiger partial charge is 0.266 e. The lowest BCUT2D eigenvalue weighted by atomic mass is 9.91. The van der Waals surface area contributed by atoms with Crippen molar-refractivity contribution in [3.63, 3.8) is 0 Å². The highest BCUT2D eigenvalue weighted by Gasteiger charge is 2.41. The number of halogens is 2. The molecule has 5 nitrogen and oxygen atoms in total. The van der Waals surface area contributed by atoms with Crippen molar-refractivity contribution in [1.82, 2.24) is 4.90 Å². The second-order valence-corrected chi connectivity index (χ2v) is 6.49. The third-order valence-corrected chi connectivity index (χ3v) is 4.99. The number of carbonyl (C=O) groups is 2. The minimum atomic E-state index is -2.80. The summed E-state index contributed by atoms with van der Waals surface area (Å²) >= 11 is 0. The van der Waals surface area contributed by atoms with Crippen molar-refractivity contribution < 1.29 is 23.5 Å². The van der Waals surface area contributed by atoms with Crippen LogP contribution >= 0.6 is 0 Å². The molecule has 0 aliphatic carbocycles. The molecule has 1 saturated heterocycles. The molecule has 0 spiro atoms. The van der Waals surface area contributed by atoms with Gasteiger partial charge in [-0.3, -0.25) is 9.59 Å². The number of amides is 2. The molecule has 7 heteroatoms. The van der Waals surface area contributed by atoms with Gasteiger partial charge >= 0.3 is 0 Å². The molecule has 130 valence electrons. The second-order valence-electron chi connectivity index (χ2n) is 6.49. The number of fused-ring (bicyclic) bond motifs is 1. The van der Waals surface area contributed by atoms with E-state index < -0.39 is 12.0 Å². The fourth-order valence-corrected chi connectivity index (χ4v) is 3.29. The Kier molecular flexibility index (Phi) is 4.29. The van der Waals surface area contributed by atoms with Crippen molar-refractivity contribution in [2.24, 2.45) is 0 Å². The van der Waals surface area contributed by atoms with Crippen molar-refractivity contribution in [2.45, 2.75) is 37.7 Å². The zero-order valence-corrected chi connectivity index (χ0v) is 13.5. The second kappa shape index (κ2) is 6.12. The van der Waals surface area contributed by atoms with Crippen LogP contribution in [0.4, 0.5) is 14.5 Å². The predicted octanol–water partition coefficient (Wildman–Crippen LogP) is 1.83. The normalized spacial score (nSPS) is 20.3. The van der Waals surface area contributed by atoms with E-state index >= 15 is 0 Å². The summed E-state index contributed by atoms with van der Waals surface area (Å²) in [4.78, 5) is 27.4. The Bertz CT molecular complexity index is 670. The fraction of sp³-hybridized carbons (Fsp3) is 0.529. The lowest BCUT2D eigenvalue weighted by molar-refractivity contribution is -0.122. The molecule has 2 aliphatic heterocycles. The van der Waals surface area contributed by atoms with Crippen molar-refractivity contribution in [2.75, 3.05) is 25.0 Å². The number of hydrogen-bond donors (Lipinski definition) is 1. The molecule has 24 heavy (non-hydrogen) atoms. The average molecular weight is 338 g/mol. The molecule has 1 N–H and O–H groups in total. The molecule has 1 aromatic carbocycles. The van der Waals surface area contributed by atoms with Crippen LogP contribution in [0.1, 0.15) is 35.2 Å². The molecular formula is C17H20F2N2O3. The van der Waals surface area contributed by atoms with Crippen LogP contribution in [0.3, 0.4) is 0 Å². The first-order valence-corrected chi connectivity index (χ1v) is 8.01. The molecule has 0 saturated carbocycles. The quantitative estimate of drug-likeness (QED) is 0.895. The van der Waals surface area contributed by atoms with E-state index in [4.69, 9.17) is 0 Å². The number of likely N-dealkylation sites (tertiary alicyclic amines) is 1. The maximum Gasteiger partial charge on any atom is 0.266 e. The summed E-state index contributed by atoms with van der Waals surface area (Å²) < 4.78 is 25.7. The highest BCUT2D eigenvalue weighted by molar-refractivity contribution is 5.99. The molecule has 0 bridgehead atoms. The molecule has 0 unspecified atom stereocenters. The molecule has 1 fully saturated rings. The monoisotopic (exact) mass is 338 g/mol. The highest BCUT2D eigenvalue weighted by Crippen LogP contribution is 2.31. The average Bonchev–Trinajstić information content (AvgIpc) is 2.58. The van der Waals surface area contributed by atoms with E-state index in [1.807, 2.05) is 0 Å². The van der Waals surface area contributed by atoms with Gasteiger partial charge in [-0.15, -0.1) is 0 Å². The van der Waals surface area contributed by atoms with E-state index in [2.05, 4.69) is 0 Å². The largest absolute Gasteiger partial charge is 0.384 e. The Labute approximate surface area is 138 Å². The number of alkyl halides is 2. The molecule has 0 atom stereocenters. The SMILES string of the molecule is CN1C(=O)CCc2cc(C(=O)N3CCC(O)(C(F)F)CC3)ccc21. The lowest BCUT2D eigenvalue weighted by Crippen LogP contribution is -2.50. The first-order chi connectivity index (χ1) is 11.3. The predicted molar refractivity (Wildman–Crippen MR) is 84.3 cm³/mol. The van der Waals surface area contributed by atoms with Gasteiger partial charge in [-0.05, 0) is 43.0 Å². The van der Waals surface area contributed by atoms with Gasteiger partial charge in [-0.2, -0.15) is 0 Å². The molecule has 0 radical (unpaired) electrons. The van der Waals surface area contributed by atoms with Crippen LogP contribution < -0.4 is 4.90 Å². The Balaban J connectivity index is 1.74. The van der Waals surface area contributed by atoms with Gasteiger partial charge in [0.1, 0.15) is 5.60 Å². The van der Waals surface area contributed by atoms with E-state index in [1.54, 1.807) is 30.1 Å². The molecule has 2 amide bonds. The van der Waals surface area contributed by atoms with E-state index in [0.717, 1.165) is 11.3 Å². The van der Waals surface area contributed by atoms with Crippen molar-refractivity contribution in [3.05, 3.63) is 29.3 Å². The summed E-state index contributed by atoms with van der Waals surface area (Å²) in [5.74, 6) is -0.183. The Hall–Kier alpha value is -2.02. The molecule has 1 aromatic rings. The van der Waals surface area contributed by atoms with E-state index in [9.17, 15) is 23.5 Å². The minimum Gasteiger partial charge on any atom is -0.384 e. The highest BCUT2D eigenvalue weighted by atomic mass is 19.3. The van der Waals surface area contributed by atoms with Crippen LogP contribution in [0.25, 0.3) is 0 Å². The Morgan fingerprint density at radius 1 is 1.25 bits per heavy atom. The number of rotatable bonds is 2. The number of nitrogens with zero attached hydrogens (tertiary/aromatic N) is 2. The van der Waals surface area contributed by atoms with Crippen LogP contribution in [0.2, 0.25) is 0 Å². The van der Waals surface area contributed by atoms with E-state index in [0.29, 0.717) is 18.4 Å². The summed E-state index contributed by atoms with van der Waals surface area (Å²) in [6.07, 6.45) is -2.06. The summed E-state index contributed by atoms with van der Waals surface area (Å²) in [6.45, 7) is 0.213. The molecular weight excluding hydrogens is 318 g/mol. The van der Waals surface area contributed by atoms with E-state index in [1.165, 1.54) is 4.90 Å². The van der Waals surface area contributed by atoms with Crippen LogP contribution in [0, 0.1) is 0 Å². The molecule has 2 aliphatic rings. The van der Waals surface area contributed by atoms with Crippen molar-refractivity contribution >= 4 is 17.5 Å². The fourth-order valence-electron chi connectivity index (χ4n) is 3.29. The van der Waals surface area contributed by atoms with Crippen molar-refractivity contribution in [1.29, 1.82) is 0 Å². The van der Waals surface area contributed by atoms with Gasteiger partial charge < -0.3 is 14.9 Å². The number of benzene rings is 1. The maximum absolute atomic E-state index is 12.8. The summed E-state index contributed by atoms with van der Waals surface area (Å²) in [5, 5.41) is 9.81. The van der Waals surface area contributed by atoms with Crippen LogP contribution in [0.5, 0.6) is 0 Å². The van der Waals surface area contributed by atoms with Crippen LogP contribution in [-0.2, 0) is 11.2 Å². The Morgan fingerprint density at radius 3 is 2.54 bits per heavy atom. The standard InChI is InChI=1S/C17H20F2N2O3/c1-20-13-4-2-12(10-11(13)3-5-14(20)22)15(23)21-8-6-17(24,7-9-21)16(18)19/h2,4,10,16,24H,3,5-9H2,1H3. The van der Waals surface area contributed by atoms with Gasteiger partial charge in [0.25, 0.3) is 12.3 Å². The lowest BCUT2D eigenvalue weighted by Gasteiger charge is -2.37. The van der Waals surface area contributed by atoms with Gasteiger partial charge in [0.05, 0.1) is 0 Å². The zero-order chi connectivity index (χ0) is 17.5. The molecule has 2 heterocycles. The van der Waals surface area contributed by atoms with E-state index in [-0.39, 0.29) is 37.7 Å². The van der Waals surface area contributed by atoms with Crippen LogP contribution in [-0.4, -0.2) is 54.0 Å². The van der Waals surface area contributed by atoms with Gasteiger partial charge in [0.2, 0.25) is 5.91 Å². The molecule has 0 aromatic heterocycles. The first kappa shape index (κ1) is 16.8. The van der Waals surface area contributed by atoms with Gasteiger partial charge in [-0.25, -0.2) is 8.78 Å². The number of hydrogen-bond acceptors (Lipinski definition) is 3. The number of aryl methyl sites for hydroxylation is 1. The molecule has 3 rings (SSSR count). The van der Waals surface area contributed by atoms with Gasteiger partial charge in [-0.1, -0.05) is 0 Å². The summed E-state index contributed by atoms with van der Waals surface area (Å²) in [6, 6.07) is 5.18. The third-order valence-electron chi connectivity index (χ3n) is 4.99. The van der Waals surface area contributed by atoms with Crippen LogP contribution in [0.15, 0.2) is 18.2 Å². The first-order valence-electron chi connectivity index (χ1n) is 8.01. The van der Waals surface area contributed by atoms with Gasteiger partial charge in [0.15, 0.2) is 0 Å². The number of piperidine rings is 1. The minimum absolute atomic E-state index is 0.0453. The summed E-state index contributed by atoms with van der Waals surface area (Å²) in [5.41, 5.74) is 0.229. The third kappa shape index (κ3) is 2.88. The summed E-state index contributed by atoms with van der Waals surface area (Å²) in [7, 11) is 1.71. The Morgan fingerprint density at radius 2 is 1.92 bits per heavy atom. The topological polar surface area (TPSA) is 60.9 Å². The zero-order valence-electron chi connectivity index (χ0n) is 13.5.